The predicted molar refractivity (Wildman–Crippen MR) is 134 cm³/mol. The van der Waals surface area contributed by atoms with Crippen molar-refractivity contribution in [3.05, 3.63) is 58.7 Å². The van der Waals surface area contributed by atoms with Crippen LogP contribution in [0.3, 0.4) is 0 Å². The molecule has 3 aromatic carbocycles. The standard InChI is InChI=1S/C28H24N4O2/c33-27-21-19-17-9-3-6-15-8-5-13-32(23(15)17)26(19)25-20(22(21)28(34)30-27)18-10-4-7-16-14-29-11-1-2-12-31(25)24(16)18/h3-4,6-7,9-10,29H,1-2,5,8,11-14H2,(H,30,33,34). The van der Waals surface area contributed by atoms with Gasteiger partial charge in [-0.2, -0.15) is 0 Å². The summed E-state index contributed by atoms with van der Waals surface area (Å²) in [6.45, 7) is 3.63. The zero-order valence-corrected chi connectivity index (χ0v) is 18.8. The summed E-state index contributed by atoms with van der Waals surface area (Å²) in [6, 6.07) is 12.8. The number of hydrogen-bond acceptors (Lipinski definition) is 3. The fourth-order valence-corrected chi connectivity index (χ4v) is 6.87. The van der Waals surface area contributed by atoms with Gasteiger partial charge in [0, 0.05) is 41.2 Å². The summed E-state index contributed by atoms with van der Waals surface area (Å²) in [6.07, 6.45) is 4.29. The molecular weight excluding hydrogens is 424 g/mol. The molecule has 6 heteroatoms. The summed E-state index contributed by atoms with van der Waals surface area (Å²) in [4.78, 5) is 26.6. The molecule has 0 fully saturated rings. The van der Waals surface area contributed by atoms with Gasteiger partial charge in [-0.15, -0.1) is 0 Å². The Morgan fingerprint density at radius 2 is 1.29 bits per heavy atom. The topological polar surface area (TPSA) is 68.1 Å². The molecule has 0 aliphatic carbocycles. The molecule has 6 nitrogen and oxygen atoms in total. The molecular formula is C28H24N4O2. The average molecular weight is 449 g/mol. The van der Waals surface area contributed by atoms with Crippen molar-refractivity contribution in [3.8, 4) is 0 Å². The van der Waals surface area contributed by atoms with Gasteiger partial charge in [-0.05, 0) is 43.4 Å². The van der Waals surface area contributed by atoms with Crippen molar-refractivity contribution in [1.29, 1.82) is 0 Å². The van der Waals surface area contributed by atoms with E-state index in [4.69, 9.17) is 0 Å². The Labute approximate surface area is 195 Å². The Morgan fingerprint density at radius 1 is 0.676 bits per heavy atom. The first-order valence-corrected chi connectivity index (χ1v) is 12.3. The molecule has 3 aliphatic rings. The van der Waals surface area contributed by atoms with Crippen molar-refractivity contribution in [2.24, 2.45) is 0 Å². The zero-order chi connectivity index (χ0) is 22.6. The molecule has 0 radical (unpaired) electrons. The quantitative estimate of drug-likeness (QED) is 0.340. The lowest BCUT2D eigenvalue weighted by atomic mass is 9.96. The second-order valence-corrected chi connectivity index (χ2v) is 9.90. The minimum atomic E-state index is -0.270. The first kappa shape index (κ1) is 18.7. The second-order valence-electron chi connectivity index (χ2n) is 9.90. The maximum Gasteiger partial charge on any atom is 0.259 e. The first-order chi connectivity index (χ1) is 16.7. The normalized spacial score (nSPS) is 17.9. The summed E-state index contributed by atoms with van der Waals surface area (Å²) in [5.74, 6) is -0.538. The third-order valence-electron chi connectivity index (χ3n) is 8.12. The van der Waals surface area contributed by atoms with E-state index in [0.29, 0.717) is 11.1 Å². The van der Waals surface area contributed by atoms with Crippen molar-refractivity contribution >= 4 is 55.4 Å². The molecule has 2 aromatic heterocycles. The number of amides is 2. The molecule has 5 heterocycles. The van der Waals surface area contributed by atoms with Crippen LogP contribution in [0, 0.1) is 0 Å². The van der Waals surface area contributed by atoms with Crippen LogP contribution in [0.2, 0.25) is 0 Å². The summed E-state index contributed by atoms with van der Waals surface area (Å²) >= 11 is 0. The average Bonchev–Trinajstić information content (AvgIpc) is 3.47. The fourth-order valence-electron chi connectivity index (χ4n) is 6.87. The maximum atomic E-state index is 13.3. The van der Waals surface area contributed by atoms with E-state index in [1.54, 1.807) is 0 Å². The molecule has 0 atom stereocenters. The number of fused-ring (bicyclic) bond motifs is 10. The minimum Gasteiger partial charge on any atom is -0.338 e. The number of carbonyl (C=O) groups excluding carboxylic acids is 2. The van der Waals surface area contributed by atoms with E-state index >= 15 is 0 Å². The summed E-state index contributed by atoms with van der Waals surface area (Å²) in [5.41, 5.74) is 8.36. The second kappa shape index (κ2) is 6.48. The van der Waals surface area contributed by atoms with Crippen molar-refractivity contribution in [1.82, 2.24) is 19.8 Å². The monoisotopic (exact) mass is 448 g/mol. The first-order valence-electron chi connectivity index (χ1n) is 12.3. The number of nitrogens with one attached hydrogen (secondary N) is 2. The van der Waals surface area contributed by atoms with Gasteiger partial charge in [0.2, 0.25) is 0 Å². The molecule has 0 saturated carbocycles. The van der Waals surface area contributed by atoms with Crippen molar-refractivity contribution in [3.63, 3.8) is 0 Å². The van der Waals surface area contributed by atoms with Crippen LogP contribution in [-0.4, -0.2) is 27.5 Å². The van der Waals surface area contributed by atoms with Crippen LogP contribution < -0.4 is 10.6 Å². The van der Waals surface area contributed by atoms with Crippen LogP contribution in [0.25, 0.3) is 43.6 Å². The summed E-state index contributed by atoms with van der Waals surface area (Å²) in [7, 11) is 0. The Hall–Kier alpha value is -3.64. The molecule has 168 valence electrons. The zero-order valence-electron chi connectivity index (χ0n) is 18.8. The Bertz CT molecular complexity index is 1750. The van der Waals surface area contributed by atoms with Crippen LogP contribution in [0.5, 0.6) is 0 Å². The number of aryl methyl sites for hydroxylation is 3. The number of hydrogen-bond donors (Lipinski definition) is 2. The van der Waals surface area contributed by atoms with Crippen molar-refractivity contribution in [2.45, 2.75) is 45.3 Å². The van der Waals surface area contributed by atoms with Gasteiger partial charge in [-0.1, -0.05) is 36.4 Å². The lowest BCUT2D eigenvalue weighted by Crippen LogP contribution is -2.20. The smallest absolute Gasteiger partial charge is 0.259 e. The summed E-state index contributed by atoms with van der Waals surface area (Å²) in [5, 5.41) is 10.3. The third-order valence-corrected chi connectivity index (χ3v) is 8.12. The van der Waals surface area contributed by atoms with Crippen molar-refractivity contribution in [2.75, 3.05) is 6.54 Å². The van der Waals surface area contributed by atoms with Crippen LogP contribution in [0.15, 0.2) is 36.4 Å². The number of para-hydroxylation sites is 2. The van der Waals surface area contributed by atoms with Crippen LogP contribution >= 0.6 is 0 Å². The van der Waals surface area contributed by atoms with Gasteiger partial charge >= 0.3 is 0 Å². The molecule has 0 saturated heterocycles. The van der Waals surface area contributed by atoms with E-state index in [1.165, 1.54) is 22.2 Å². The van der Waals surface area contributed by atoms with Gasteiger partial charge in [0.25, 0.3) is 11.8 Å². The van der Waals surface area contributed by atoms with Crippen molar-refractivity contribution < 1.29 is 9.59 Å². The number of aromatic nitrogens is 2. The molecule has 0 bridgehead atoms. The van der Waals surface area contributed by atoms with Crippen LogP contribution in [-0.2, 0) is 26.1 Å². The lowest BCUT2D eigenvalue weighted by molar-refractivity contribution is 0.0880. The number of rotatable bonds is 0. The highest BCUT2D eigenvalue weighted by Crippen LogP contribution is 2.47. The lowest BCUT2D eigenvalue weighted by Gasteiger charge is -2.17. The van der Waals surface area contributed by atoms with E-state index in [9.17, 15) is 9.59 Å². The van der Waals surface area contributed by atoms with Gasteiger partial charge in [-0.25, -0.2) is 0 Å². The van der Waals surface area contributed by atoms with Crippen LogP contribution in [0.4, 0.5) is 0 Å². The Balaban J connectivity index is 1.72. The van der Waals surface area contributed by atoms with E-state index in [2.05, 4.69) is 56.2 Å². The SMILES string of the molecule is O=C1NC(=O)c2c1c1c3cccc4c3n(c1c1c2c2cccc3c2n1CCCCNC3)CCC4. The van der Waals surface area contributed by atoms with Gasteiger partial charge < -0.3 is 14.5 Å². The van der Waals surface area contributed by atoms with Gasteiger partial charge in [0.15, 0.2) is 0 Å². The molecule has 2 N–H and O–H groups in total. The highest BCUT2D eigenvalue weighted by atomic mass is 16.2. The molecule has 3 aliphatic heterocycles. The molecule has 2 amide bonds. The maximum absolute atomic E-state index is 13.3. The molecule has 8 rings (SSSR count). The third kappa shape index (κ3) is 2.15. The number of carbonyl (C=O) groups is 2. The van der Waals surface area contributed by atoms with Crippen LogP contribution in [0.1, 0.15) is 51.1 Å². The van der Waals surface area contributed by atoms with Gasteiger partial charge in [0.05, 0.1) is 33.2 Å². The van der Waals surface area contributed by atoms with E-state index < -0.39 is 0 Å². The highest BCUT2D eigenvalue weighted by molar-refractivity contribution is 6.39. The molecule has 0 spiro atoms. The Morgan fingerprint density at radius 3 is 2.00 bits per heavy atom. The predicted octanol–water partition coefficient (Wildman–Crippen LogP) is 4.62. The molecule has 34 heavy (non-hydrogen) atoms. The number of benzene rings is 3. The fraction of sp³-hybridized carbons (Fsp3) is 0.286. The molecule has 5 aromatic rings. The summed E-state index contributed by atoms with van der Waals surface area (Å²) < 4.78 is 4.90. The largest absolute Gasteiger partial charge is 0.338 e. The van der Waals surface area contributed by atoms with Gasteiger partial charge in [0.1, 0.15) is 0 Å². The highest BCUT2D eigenvalue weighted by Gasteiger charge is 2.37. The van der Waals surface area contributed by atoms with E-state index in [-0.39, 0.29) is 11.8 Å². The molecule has 0 unspecified atom stereocenters. The number of nitrogens with zero attached hydrogens (tertiary/aromatic N) is 2. The van der Waals surface area contributed by atoms with Gasteiger partial charge in [-0.3, -0.25) is 14.9 Å². The van der Waals surface area contributed by atoms with E-state index in [1.807, 2.05) is 0 Å². The number of imide groups is 1. The minimum absolute atomic E-state index is 0.268. The Kier molecular flexibility index (Phi) is 3.57. The van der Waals surface area contributed by atoms with E-state index in [0.717, 1.165) is 84.4 Å².